The Hall–Kier alpha value is -3.22. The molecule has 0 radical (unpaired) electrons. The number of hydrogen-bond donors (Lipinski definition) is 0. The zero-order valence-corrected chi connectivity index (χ0v) is 15.2. The Labute approximate surface area is 157 Å². The van der Waals surface area contributed by atoms with Crippen LogP contribution in [-0.2, 0) is 4.74 Å². The second kappa shape index (κ2) is 7.57. The van der Waals surface area contributed by atoms with Gasteiger partial charge in [-0.25, -0.2) is 9.78 Å². The minimum Gasteiger partial charge on any atom is -0.461 e. The highest BCUT2D eigenvalue weighted by Crippen LogP contribution is 2.20. The molecule has 1 aromatic carbocycles. The van der Waals surface area contributed by atoms with Crippen LogP contribution in [0.2, 0.25) is 0 Å². The molecule has 0 bridgehead atoms. The van der Waals surface area contributed by atoms with Crippen LogP contribution in [0.5, 0.6) is 0 Å². The lowest BCUT2D eigenvalue weighted by atomic mass is 10.2. The molecule has 0 spiro atoms. The van der Waals surface area contributed by atoms with Crippen LogP contribution in [0.3, 0.4) is 0 Å². The van der Waals surface area contributed by atoms with Crippen LogP contribution in [0.4, 0.5) is 11.6 Å². The fraction of sp³-hybridized carbons (Fsp3) is 0.300. The predicted molar refractivity (Wildman–Crippen MR) is 104 cm³/mol. The normalized spacial score (nSPS) is 14.4. The Balaban J connectivity index is 1.41. The van der Waals surface area contributed by atoms with Gasteiger partial charge < -0.3 is 14.5 Å². The topological polar surface area (TPSA) is 71.5 Å². The van der Waals surface area contributed by atoms with Crippen molar-refractivity contribution >= 4 is 28.5 Å². The Kier molecular flexibility index (Phi) is 4.82. The summed E-state index contributed by atoms with van der Waals surface area (Å²) in [7, 11) is 0. The van der Waals surface area contributed by atoms with Crippen molar-refractivity contribution in [1.82, 2.24) is 15.2 Å². The van der Waals surface area contributed by atoms with E-state index in [2.05, 4.69) is 38.2 Å². The molecule has 7 nitrogen and oxygen atoms in total. The van der Waals surface area contributed by atoms with E-state index in [4.69, 9.17) is 9.72 Å². The first-order valence-electron chi connectivity index (χ1n) is 9.11. The van der Waals surface area contributed by atoms with Crippen LogP contribution in [0.1, 0.15) is 17.4 Å². The van der Waals surface area contributed by atoms with Gasteiger partial charge in [0.2, 0.25) is 0 Å². The molecule has 1 fully saturated rings. The summed E-state index contributed by atoms with van der Waals surface area (Å²) in [5.74, 6) is 1.33. The van der Waals surface area contributed by atoms with Crippen molar-refractivity contribution in [3.05, 3.63) is 54.2 Å². The molecule has 7 heteroatoms. The summed E-state index contributed by atoms with van der Waals surface area (Å²) in [5, 5.41) is 9.33. The van der Waals surface area contributed by atoms with Crippen molar-refractivity contribution < 1.29 is 9.53 Å². The summed E-state index contributed by atoms with van der Waals surface area (Å²) in [6.45, 7) is 5.44. The summed E-state index contributed by atoms with van der Waals surface area (Å²) in [6, 6.07) is 15.8. The number of pyridine rings is 1. The fourth-order valence-electron chi connectivity index (χ4n) is 3.20. The quantitative estimate of drug-likeness (QED) is 0.660. The van der Waals surface area contributed by atoms with E-state index >= 15 is 0 Å². The zero-order valence-electron chi connectivity index (χ0n) is 15.2. The number of carbonyl (C=O) groups is 1. The van der Waals surface area contributed by atoms with Crippen molar-refractivity contribution in [2.45, 2.75) is 6.92 Å². The number of piperazine rings is 1. The van der Waals surface area contributed by atoms with Gasteiger partial charge in [0.05, 0.1) is 12.1 Å². The Morgan fingerprint density at radius 2 is 1.63 bits per heavy atom. The highest BCUT2D eigenvalue weighted by Gasteiger charge is 2.20. The molecule has 0 aliphatic carbocycles. The lowest BCUT2D eigenvalue weighted by molar-refractivity contribution is 0.0518. The van der Waals surface area contributed by atoms with E-state index in [1.54, 1.807) is 13.0 Å². The van der Waals surface area contributed by atoms with E-state index in [9.17, 15) is 4.79 Å². The number of esters is 1. The van der Waals surface area contributed by atoms with Gasteiger partial charge in [-0.05, 0) is 37.3 Å². The third kappa shape index (κ3) is 3.67. The molecule has 1 aliphatic heterocycles. The van der Waals surface area contributed by atoms with Crippen LogP contribution < -0.4 is 9.80 Å². The number of anilines is 2. The molecule has 0 atom stereocenters. The highest BCUT2D eigenvalue weighted by molar-refractivity contribution is 5.87. The van der Waals surface area contributed by atoms with Gasteiger partial charge in [0.15, 0.2) is 11.5 Å². The van der Waals surface area contributed by atoms with E-state index in [0.29, 0.717) is 6.61 Å². The first-order valence-corrected chi connectivity index (χ1v) is 9.11. The number of para-hydroxylation sites is 1. The molecule has 27 heavy (non-hydrogen) atoms. The monoisotopic (exact) mass is 363 g/mol. The number of fused-ring (bicyclic) bond motifs is 1. The van der Waals surface area contributed by atoms with E-state index in [0.717, 1.165) is 48.7 Å². The maximum absolute atomic E-state index is 11.7. The molecular formula is C20H21N5O2. The van der Waals surface area contributed by atoms with Gasteiger partial charge in [-0.1, -0.05) is 18.2 Å². The first kappa shape index (κ1) is 17.2. The number of nitrogens with zero attached hydrogens (tertiary/aromatic N) is 5. The molecule has 0 unspecified atom stereocenters. The number of carbonyl (C=O) groups excluding carboxylic acids is 1. The summed E-state index contributed by atoms with van der Waals surface area (Å²) >= 11 is 0. The molecule has 1 saturated heterocycles. The number of hydrogen-bond acceptors (Lipinski definition) is 7. The molecule has 0 saturated carbocycles. The molecular weight excluding hydrogens is 342 g/mol. The average molecular weight is 363 g/mol. The van der Waals surface area contributed by atoms with E-state index in [-0.39, 0.29) is 5.69 Å². The van der Waals surface area contributed by atoms with E-state index < -0.39 is 5.97 Å². The highest BCUT2D eigenvalue weighted by atomic mass is 16.5. The second-order valence-electron chi connectivity index (χ2n) is 6.33. The summed E-state index contributed by atoms with van der Waals surface area (Å²) < 4.78 is 4.94. The summed E-state index contributed by atoms with van der Waals surface area (Å²) in [5.41, 5.74) is 1.25. The number of benzene rings is 1. The lowest BCUT2D eigenvalue weighted by Gasteiger charge is -2.35. The van der Waals surface area contributed by atoms with Gasteiger partial charge in [0.1, 0.15) is 5.82 Å². The third-order valence-corrected chi connectivity index (χ3v) is 4.65. The molecule has 138 valence electrons. The van der Waals surface area contributed by atoms with Crippen molar-refractivity contribution in [3.8, 4) is 0 Å². The third-order valence-electron chi connectivity index (χ3n) is 4.65. The smallest absolute Gasteiger partial charge is 0.358 e. The molecule has 0 N–H and O–H groups in total. The molecule has 1 aliphatic rings. The van der Waals surface area contributed by atoms with Gasteiger partial charge in [-0.3, -0.25) is 0 Å². The minimum atomic E-state index is -0.441. The Morgan fingerprint density at radius 3 is 2.33 bits per heavy atom. The van der Waals surface area contributed by atoms with E-state index in [1.165, 1.54) is 0 Å². The van der Waals surface area contributed by atoms with Crippen molar-refractivity contribution in [3.63, 3.8) is 0 Å². The van der Waals surface area contributed by atoms with Crippen molar-refractivity contribution in [2.75, 3.05) is 42.6 Å². The number of aromatic nitrogens is 3. The molecule has 2 aromatic heterocycles. The average Bonchev–Trinajstić information content (AvgIpc) is 2.74. The summed E-state index contributed by atoms with van der Waals surface area (Å²) in [6.07, 6.45) is 0. The molecule has 4 rings (SSSR count). The molecule has 3 heterocycles. The molecule has 0 amide bonds. The lowest BCUT2D eigenvalue weighted by Crippen LogP contribution is -2.47. The molecule has 3 aromatic rings. The van der Waals surface area contributed by atoms with Gasteiger partial charge in [-0.2, -0.15) is 0 Å². The van der Waals surface area contributed by atoms with Crippen LogP contribution >= 0.6 is 0 Å². The van der Waals surface area contributed by atoms with E-state index in [1.807, 2.05) is 24.3 Å². The zero-order chi connectivity index (χ0) is 18.6. The number of rotatable bonds is 4. The van der Waals surface area contributed by atoms with Crippen LogP contribution in [0.15, 0.2) is 48.5 Å². The maximum atomic E-state index is 11.7. The van der Waals surface area contributed by atoms with Gasteiger partial charge in [0, 0.05) is 31.6 Å². The van der Waals surface area contributed by atoms with Gasteiger partial charge in [-0.15, -0.1) is 10.2 Å². The predicted octanol–water partition coefficient (Wildman–Crippen LogP) is 2.53. The van der Waals surface area contributed by atoms with Crippen molar-refractivity contribution in [1.29, 1.82) is 0 Å². The van der Waals surface area contributed by atoms with Crippen LogP contribution in [-0.4, -0.2) is 53.9 Å². The van der Waals surface area contributed by atoms with Crippen LogP contribution in [0, 0.1) is 0 Å². The maximum Gasteiger partial charge on any atom is 0.358 e. The van der Waals surface area contributed by atoms with Crippen LogP contribution in [0.25, 0.3) is 10.9 Å². The standard InChI is InChI=1S/C20H21N5O2/c1-2-27-20(26)17-8-10-19(23-22-17)25-13-11-24(12-14-25)18-9-7-15-5-3-4-6-16(15)21-18/h3-10H,2,11-14H2,1H3. The summed E-state index contributed by atoms with van der Waals surface area (Å²) in [4.78, 5) is 20.9. The first-order chi connectivity index (χ1) is 13.2. The largest absolute Gasteiger partial charge is 0.461 e. The second-order valence-corrected chi connectivity index (χ2v) is 6.33. The fourth-order valence-corrected chi connectivity index (χ4v) is 3.20. The minimum absolute atomic E-state index is 0.236. The number of ether oxygens (including phenoxy) is 1. The van der Waals surface area contributed by atoms with Gasteiger partial charge in [0.25, 0.3) is 0 Å². The Morgan fingerprint density at radius 1 is 0.926 bits per heavy atom. The van der Waals surface area contributed by atoms with Gasteiger partial charge >= 0.3 is 5.97 Å². The van der Waals surface area contributed by atoms with Crippen molar-refractivity contribution in [2.24, 2.45) is 0 Å². The Bertz CT molecular complexity index is 937. The SMILES string of the molecule is CCOC(=O)c1ccc(N2CCN(c3ccc4ccccc4n3)CC2)nn1.